The number of rotatable bonds is 3. The number of hydrogen-bond donors (Lipinski definition) is 2. The van der Waals surface area contributed by atoms with E-state index < -0.39 is 0 Å². The van der Waals surface area contributed by atoms with Crippen LogP contribution >= 0.6 is 15.9 Å². The van der Waals surface area contributed by atoms with E-state index in [9.17, 15) is 4.79 Å². The zero-order chi connectivity index (χ0) is 14.8. The van der Waals surface area contributed by atoms with Crippen molar-refractivity contribution in [2.24, 2.45) is 0 Å². The Morgan fingerprint density at radius 3 is 2.71 bits per heavy atom. The van der Waals surface area contributed by atoms with Gasteiger partial charge in [-0.2, -0.15) is 0 Å². The summed E-state index contributed by atoms with van der Waals surface area (Å²) in [6, 6.07) is 15.8. The zero-order valence-corrected chi connectivity index (χ0v) is 13.4. The highest BCUT2D eigenvalue weighted by atomic mass is 79.9. The van der Waals surface area contributed by atoms with Crippen molar-refractivity contribution in [1.29, 1.82) is 0 Å². The molecule has 2 aromatic rings. The van der Waals surface area contributed by atoms with Crippen molar-refractivity contribution in [3.8, 4) is 0 Å². The predicted octanol–water partition coefficient (Wildman–Crippen LogP) is 3.66. The number of carbonyl (C=O) groups is 1. The summed E-state index contributed by atoms with van der Waals surface area (Å²) in [5.74, 6) is 0.0365. The van der Waals surface area contributed by atoms with Crippen LogP contribution < -0.4 is 10.6 Å². The first kappa shape index (κ1) is 14.1. The van der Waals surface area contributed by atoms with Crippen molar-refractivity contribution in [2.75, 3.05) is 5.32 Å². The maximum atomic E-state index is 12.4. The third kappa shape index (κ3) is 2.95. The van der Waals surface area contributed by atoms with Crippen LogP contribution in [0.15, 0.2) is 53.0 Å². The summed E-state index contributed by atoms with van der Waals surface area (Å²) in [5.41, 5.74) is 3.35. The second kappa shape index (κ2) is 5.90. The van der Waals surface area contributed by atoms with E-state index in [4.69, 9.17) is 0 Å². The van der Waals surface area contributed by atoms with Gasteiger partial charge in [0.1, 0.15) is 6.04 Å². The van der Waals surface area contributed by atoms with E-state index in [-0.39, 0.29) is 18.0 Å². The molecule has 2 aromatic carbocycles. The molecule has 0 fully saturated rings. The first-order valence-corrected chi connectivity index (χ1v) is 7.83. The van der Waals surface area contributed by atoms with E-state index in [1.165, 1.54) is 5.56 Å². The highest BCUT2D eigenvalue weighted by Crippen LogP contribution is 2.26. The van der Waals surface area contributed by atoms with Crippen LogP contribution in [0.3, 0.4) is 0 Å². The molecule has 1 unspecified atom stereocenters. The van der Waals surface area contributed by atoms with Gasteiger partial charge in [-0.1, -0.05) is 52.3 Å². The molecular formula is C17H17BrN2O. The minimum atomic E-state index is -0.188. The SMILES string of the molecule is CC(NC(=O)[C@@H]1Cc2ccccc2N1)c1ccccc1Br. The fourth-order valence-corrected chi connectivity index (χ4v) is 3.30. The molecule has 1 amide bonds. The lowest BCUT2D eigenvalue weighted by atomic mass is 10.1. The first-order valence-electron chi connectivity index (χ1n) is 7.04. The number of para-hydroxylation sites is 1. The summed E-state index contributed by atoms with van der Waals surface area (Å²) in [6.07, 6.45) is 0.741. The van der Waals surface area contributed by atoms with Gasteiger partial charge in [-0.3, -0.25) is 4.79 Å². The molecule has 1 aliphatic rings. The van der Waals surface area contributed by atoms with E-state index in [2.05, 4.69) is 32.6 Å². The summed E-state index contributed by atoms with van der Waals surface area (Å²) in [6.45, 7) is 2.00. The van der Waals surface area contributed by atoms with Gasteiger partial charge >= 0.3 is 0 Å². The third-order valence-corrected chi connectivity index (χ3v) is 4.54. The quantitative estimate of drug-likeness (QED) is 0.891. The van der Waals surface area contributed by atoms with Crippen molar-refractivity contribution in [3.05, 3.63) is 64.1 Å². The van der Waals surface area contributed by atoms with E-state index in [1.54, 1.807) is 0 Å². The molecule has 0 spiro atoms. The van der Waals surface area contributed by atoms with Gasteiger partial charge in [-0.25, -0.2) is 0 Å². The Labute approximate surface area is 132 Å². The maximum absolute atomic E-state index is 12.4. The van der Waals surface area contributed by atoms with Crippen LogP contribution in [0.2, 0.25) is 0 Å². The van der Waals surface area contributed by atoms with Gasteiger partial charge in [-0.15, -0.1) is 0 Å². The Morgan fingerprint density at radius 2 is 1.95 bits per heavy atom. The monoisotopic (exact) mass is 344 g/mol. The molecule has 3 rings (SSSR count). The van der Waals surface area contributed by atoms with Crippen molar-refractivity contribution in [3.63, 3.8) is 0 Å². The molecule has 1 heterocycles. The fraction of sp³-hybridized carbons (Fsp3) is 0.235. The van der Waals surface area contributed by atoms with E-state index in [1.807, 2.05) is 49.4 Å². The van der Waals surface area contributed by atoms with Crippen LogP contribution in [-0.2, 0) is 11.2 Å². The average Bonchev–Trinajstić information content (AvgIpc) is 2.91. The van der Waals surface area contributed by atoms with Crippen LogP contribution in [0.25, 0.3) is 0 Å². The molecule has 3 nitrogen and oxygen atoms in total. The zero-order valence-electron chi connectivity index (χ0n) is 11.8. The largest absolute Gasteiger partial charge is 0.373 e. The van der Waals surface area contributed by atoms with Gasteiger partial charge in [0.15, 0.2) is 0 Å². The van der Waals surface area contributed by atoms with E-state index in [0.29, 0.717) is 0 Å². The fourth-order valence-electron chi connectivity index (χ4n) is 2.67. The van der Waals surface area contributed by atoms with Crippen LogP contribution in [0.5, 0.6) is 0 Å². The minimum Gasteiger partial charge on any atom is -0.373 e. The lowest BCUT2D eigenvalue weighted by Crippen LogP contribution is -2.39. The summed E-state index contributed by atoms with van der Waals surface area (Å²) in [5, 5.41) is 6.36. The van der Waals surface area contributed by atoms with Crippen molar-refractivity contribution in [2.45, 2.75) is 25.4 Å². The molecule has 2 N–H and O–H groups in total. The highest BCUT2D eigenvalue weighted by Gasteiger charge is 2.27. The number of anilines is 1. The lowest BCUT2D eigenvalue weighted by Gasteiger charge is -2.19. The second-order valence-corrected chi connectivity index (χ2v) is 6.16. The normalized spacial score (nSPS) is 17.7. The molecule has 0 radical (unpaired) electrons. The Hall–Kier alpha value is -1.81. The smallest absolute Gasteiger partial charge is 0.243 e. The molecule has 0 aromatic heterocycles. The number of benzene rings is 2. The topological polar surface area (TPSA) is 41.1 Å². The molecule has 108 valence electrons. The van der Waals surface area contributed by atoms with Gasteiger partial charge in [0, 0.05) is 16.6 Å². The molecular weight excluding hydrogens is 328 g/mol. The molecule has 0 saturated heterocycles. The van der Waals surface area contributed by atoms with Gasteiger partial charge in [-0.05, 0) is 30.2 Å². The number of hydrogen-bond acceptors (Lipinski definition) is 2. The number of fused-ring (bicyclic) bond motifs is 1. The molecule has 0 saturated carbocycles. The molecule has 2 atom stereocenters. The van der Waals surface area contributed by atoms with Gasteiger partial charge in [0.05, 0.1) is 6.04 Å². The molecule has 4 heteroatoms. The van der Waals surface area contributed by atoms with Gasteiger partial charge < -0.3 is 10.6 Å². The summed E-state index contributed by atoms with van der Waals surface area (Å²) < 4.78 is 1.01. The van der Waals surface area contributed by atoms with Crippen LogP contribution in [-0.4, -0.2) is 11.9 Å². The van der Waals surface area contributed by atoms with Gasteiger partial charge in [0.2, 0.25) is 5.91 Å². The average molecular weight is 345 g/mol. The Balaban J connectivity index is 1.67. The Kier molecular flexibility index (Phi) is 3.97. The van der Waals surface area contributed by atoms with Crippen LogP contribution in [0.1, 0.15) is 24.1 Å². The Morgan fingerprint density at radius 1 is 1.24 bits per heavy atom. The number of nitrogens with one attached hydrogen (secondary N) is 2. The first-order chi connectivity index (χ1) is 10.1. The highest BCUT2D eigenvalue weighted by molar-refractivity contribution is 9.10. The summed E-state index contributed by atoms with van der Waals surface area (Å²) >= 11 is 3.53. The van der Waals surface area contributed by atoms with Crippen LogP contribution in [0, 0.1) is 0 Å². The van der Waals surface area contributed by atoms with Crippen molar-refractivity contribution >= 4 is 27.5 Å². The number of amides is 1. The third-order valence-electron chi connectivity index (χ3n) is 3.82. The Bertz CT molecular complexity index is 646. The van der Waals surface area contributed by atoms with Crippen molar-refractivity contribution < 1.29 is 4.79 Å². The lowest BCUT2D eigenvalue weighted by molar-refractivity contribution is -0.122. The minimum absolute atomic E-state index is 0.0291. The summed E-state index contributed by atoms with van der Waals surface area (Å²) in [7, 11) is 0. The number of halogens is 1. The van der Waals surface area contributed by atoms with Crippen molar-refractivity contribution in [1.82, 2.24) is 5.32 Å². The molecule has 1 aliphatic heterocycles. The maximum Gasteiger partial charge on any atom is 0.243 e. The number of carbonyl (C=O) groups excluding carboxylic acids is 1. The molecule has 0 bridgehead atoms. The van der Waals surface area contributed by atoms with E-state index >= 15 is 0 Å². The van der Waals surface area contributed by atoms with Crippen LogP contribution in [0.4, 0.5) is 5.69 Å². The summed E-state index contributed by atoms with van der Waals surface area (Å²) in [4.78, 5) is 12.4. The molecule has 21 heavy (non-hydrogen) atoms. The predicted molar refractivity (Wildman–Crippen MR) is 88.3 cm³/mol. The molecule has 0 aliphatic carbocycles. The second-order valence-electron chi connectivity index (χ2n) is 5.31. The van der Waals surface area contributed by atoms with E-state index in [0.717, 1.165) is 22.1 Å². The standard InChI is InChI=1S/C17H17BrN2O/c1-11(13-7-3-4-8-14(13)18)19-17(21)16-10-12-6-2-5-9-15(12)20-16/h2-9,11,16,20H,10H2,1H3,(H,19,21)/t11?,16-/m0/s1. The van der Waals surface area contributed by atoms with Gasteiger partial charge in [0.25, 0.3) is 0 Å².